The molecule has 0 bridgehead atoms. The number of rotatable bonds is 10. The van der Waals surface area contributed by atoms with E-state index in [0.29, 0.717) is 53.0 Å². The molecule has 57 heavy (non-hydrogen) atoms. The van der Waals surface area contributed by atoms with Gasteiger partial charge in [-0.05, 0) is 87.6 Å². The molecule has 3 atom stereocenters. The van der Waals surface area contributed by atoms with E-state index in [1.165, 1.54) is 0 Å². The molecular weight excluding hydrogens is 722 g/mol. The first kappa shape index (κ1) is 36.1. The van der Waals surface area contributed by atoms with Gasteiger partial charge in [0.2, 0.25) is 0 Å². The number of nitrogens with zero attached hydrogens (tertiary/aromatic N) is 9. The molecule has 286 valence electrons. The van der Waals surface area contributed by atoms with E-state index in [1.807, 2.05) is 91.5 Å². The second-order valence-corrected chi connectivity index (χ2v) is 15.5. The third kappa shape index (κ3) is 6.97. The fraction of sp³-hybridized carbons (Fsp3) is 0.295. The zero-order valence-electron chi connectivity index (χ0n) is 32.0. The molecule has 13 heteroatoms. The van der Waals surface area contributed by atoms with E-state index >= 15 is 4.39 Å². The molecule has 0 spiro atoms. The number of hydrogen-bond acceptors (Lipinski definition) is 10. The smallest absolute Gasteiger partial charge is 0.198 e. The molecule has 9 rings (SSSR count). The summed E-state index contributed by atoms with van der Waals surface area (Å²) in [4.78, 5) is 27.8. The van der Waals surface area contributed by atoms with Crippen LogP contribution < -0.4 is 0 Å². The molecule has 1 aliphatic rings. The number of aliphatic hydroxyl groups is 1. The summed E-state index contributed by atoms with van der Waals surface area (Å²) in [5, 5.41) is 20.3. The van der Waals surface area contributed by atoms with Crippen LogP contribution in [-0.4, -0.2) is 55.6 Å². The first-order chi connectivity index (χ1) is 27.5. The summed E-state index contributed by atoms with van der Waals surface area (Å²) in [5.41, 5.74) is 7.10. The van der Waals surface area contributed by atoms with Crippen LogP contribution in [0.1, 0.15) is 73.6 Å². The van der Waals surface area contributed by atoms with Crippen molar-refractivity contribution in [1.82, 2.24) is 38.7 Å². The van der Waals surface area contributed by atoms with E-state index in [1.54, 1.807) is 30.7 Å². The minimum absolute atomic E-state index is 0.0272. The molecule has 0 aromatic carbocycles. The van der Waals surface area contributed by atoms with Crippen LogP contribution in [0.15, 0.2) is 94.5 Å². The van der Waals surface area contributed by atoms with Crippen molar-refractivity contribution in [2.75, 3.05) is 0 Å². The van der Waals surface area contributed by atoms with Crippen molar-refractivity contribution in [2.24, 2.45) is 5.92 Å². The summed E-state index contributed by atoms with van der Waals surface area (Å²) < 4.78 is 33.3. The Labute approximate surface area is 327 Å². The molecule has 1 aliphatic carbocycles. The van der Waals surface area contributed by atoms with E-state index in [0.717, 1.165) is 45.1 Å². The summed E-state index contributed by atoms with van der Waals surface area (Å²) in [6.07, 6.45) is 11.8. The Kier molecular flexibility index (Phi) is 9.01. The van der Waals surface area contributed by atoms with Gasteiger partial charge in [0.1, 0.15) is 28.7 Å². The number of alkyl halides is 1. The number of halogens is 1. The van der Waals surface area contributed by atoms with Gasteiger partial charge in [-0.25, -0.2) is 29.3 Å². The van der Waals surface area contributed by atoms with Crippen LogP contribution in [-0.2, 0) is 12.8 Å². The number of aromatic nitrogens is 8. The van der Waals surface area contributed by atoms with Crippen LogP contribution in [0.4, 0.5) is 4.39 Å². The Morgan fingerprint density at radius 3 is 2.44 bits per heavy atom. The van der Waals surface area contributed by atoms with Gasteiger partial charge < -0.3 is 22.7 Å². The summed E-state index contributed by atoms with van der Waals surface area (Å²) in [6.45, 7) is 7.76. The van der Waals surface area contributed by atoms with Gasteiger partial charge in [-0.2, -0.15) is 5.26 Å². The lowest BCUT2D eigenvalue weighted by Gasteiger charge is -2.19. The number of imidazole rings is 2. The highest BCUT2D eigenvalue weighted by atomic mass is 19.1. The minimum Gasteiger partial charge on any atom is -0.441 e. The van der Waals surface area contributed by atoms with Crippen molar-refractivity contribution in [3.8, 4) is 51.2 Å². The average Bonchev–Trinajstić information content (AvgIpc) is 4.05. The molecule has 1 saturated carbocycles. The standard InChI is InChI=1S/C44H40FN9O3/c1-25(2)35(55)17-40-48-21-37(56-40)33-8-7-31(20-46)52-43(33)30-14-34(54-24-27(4)51-39(54)16-30)29-9-11-44(45,18-29)19-41-49-22-36(57-41)32-6-5-12-47-42(32)28-10-13-53-23-26(3)50-38(53)15-28/h5-8,10,12-16,21-25,29,35,55H,9,11,17-19H2,1-4H3. The lowest BCUT2D eigenvalue weighted by atomic mass is 9.94. The van der Waals surface area contributed by atoms with Crippen LogP contribution in [0, 0.1) is 31.1 Å². The number of oxazole rings is 2. The SMILES string of the molecule is Cc1cn2ccc(-c3ncccc3-c3cnc(CC4(F)CCC(c5cc(-c6nc(C#N)ccc6-c6cnc(CC(O)C(C)C)o6)cc6nc(C)cn56)C4)o3)cc2n1. The second kappa shape index (κ2) is 14.2. The van der Waals surface area contributed by atoms with Crippen LogP contribution in [0.2, 0.25) is 0 Å². The molecule has 0 amide bonds. The van der Waals surface area contributed by atoms with Crippen molar-refractivity contribution >= 4 is 11.3 Å². The maximum Gasteiger partial charge on any atom is 0.198 e. The van der Waals surface area contributed by atoms with Gasteiger partial charge in [-0.15, -0.1) is 0 Å². The maximum absolute atomic E-state index is 17.0. The first-order valence-electron chi connectivity index (χ1n) is 19.1. The van der Waals surface area contributed by atoms with Crippen LogP contribution in [0.25, 0.3) is 56.5 Å². The molecule has 3 unspecified atom stereocenters. The molecular formula is C44H40FN9O3. The molecule has 0 aliphatic heterocycles. The predicted molar refractivity (Wildman–Crippen MR) is 211 cm³/mol. The zero-order chi connectivity index (χ0) is 39.4. The fourth-order valence-corrected chi connectivity index (χ4v) is 7.94. The van der Waals surface area contributed by atoms with Crippen molar-refractivity contribution in [3.05, 3.63) is 120 Å². The monoisotopic (exact) mass is 761 g/mol. The average molecular weight is 762 g/mol. The molecule has 8 heterocycles. The number of aryl methyl sites for hydroxylation is 2. The zero-order valence-corrected chi connectivity index (χ0v) is 32.0. The van der Waals surface area contributed by atoms with Gasteiger partial charge in [0.05, 0.1) is 54.1 Å². The third-order valence-electron chi connectivity index (χ3n) is 10.9. The summed E-state index contributed by atoms with van der Waals surface area (Å²) in [7, 11) is 0. The second-order valence-electron chi connectivity index (χ2n) is 15.5. The molecule has 1 fully saturated rings. The molecule has 1 N–H and O–H groups in total. The molecule has 8 aromatic heterocycles. The van der Waals surface area contributed by atoms with Crippen molar-refractivity contribution in [3.63, 3.8) is 0 Å². The predicted octanol–water partition coefficient (Wildman–Crippen LogP) is 8.68. The van der Waals surface area contributed by atoms with Gasteiger partial charge in [-0.1, -0.05) is 13.8 Å². The van der Waals surface area contributed by atoms with Crippen LogP contribution >= 0.6 is 0 Å². The van der Waals surface area contributed by atoms with Crippen LogP contribution in [0.3, 0.4) is 0 Å². The van der Waals surface area contributed by atoms with Gasteiger partial charge in [-0.3, -0.25) is 4.98 Å². The molecule has 12 nitrogen and oxygen atoms in total. The van der Waals surface area contributed by atoms with Gasteiger partial charge >= 0.3 is 0 Å². The molecule has 0 saturated heterocycles. The van der Waals surface area contributed by atoms with Crippen LogP contribution in [0.5, 0.6) is 0 Å². The maximum atomic E-state index is 17.0. The normalized spacial score (nSPS) is 17.5. The third-order valence-corrected chi connectivity index (χ3v) is 10.9. The quantitative estimate of drug-likeness (QED) is 0.143. The van der Waals surface area contributed by atoms with E-state index in [9.17, 15) is 10.4 Å². The number of aliphatic hydroxyl groups excluding tert-OH is 1. The van der Waals surface area contributed by atoms with Gasteiger partial charge in [0.25, 0.3) is 0 Å². The topological polar surface area (TPSA) is 156 Å². The van der Waals surface area contributed by atoms with E-state index in [4.69, 9.17) is 18.8 Å². The van der Waals surface area contributed by atoms with Gasteiger partial charge in [0.15, 0.2) is 23.3 Å². The van der Waals surface area contributed by atoms with Crippen molar-refractivity contribution < 1.29 is 18.3 Å². The summed E-state index contributed by atoms with van der Waals surface area (Å²) >= 11 is 0. The van der Waals surface area contributed by atoms with Crippen molar-refractivity contribution in [2.45, 2.75) is 77.5 Å². The Balaban J connectivity index is 1.00. The Bertz CT molecular complexity index is 2830. The summed E-state index contributed by atoms with van der Waals surface area (Å²) in [5.74, 6) is 1.62. The Morgan fingerprint density at radius 1 is 0.895 bits per heavy atom. The lowest BCUT2D eigenvalue weighted by molar-refractivity contribution is 0.118. The number of pyridine rings is 4. The lowest BCUT2D eigenvalue weighted by Crippen LogP contribution is -2.22. The van der Waals surface area contributed by atoms with Gasteiger partial charge in [0, 0.05) is 58.7 Å². The van der Waals surface area contributed by atoms with E-state index < -0.39 is 11.8 Å². The highest BCUT2D eigenvalue weighted by Gasteiger charge is 2.42. The fourth-order valence-electron chi connectivity index (χ4n) is 7.94. The Hall–Kier alpha value is -6.52. The molecule has 0 radical (unpaired) electrons. The van der Waals surface area contributed by atoms with E-state index in [2.05, 4.69) is 26.0 Å². The highest BCUT2D eigenvalue weighted by molar-refractivity contribution is 5.81. The number of hydrogen-bond donors (Lipinski definition) is 1. The highest BCUT2D eigenvalue weighted by Crippen LogP contribution is 2.46. The Morgan fingerprint density at radius 2 is 1.63 bits per heavy atom. The van der Waals surface area contributed by atoms with Crippen molar-refractivity contribution in [1.29, 1.82) is 5.26 Å². The first-order valence-corrected chi connectivity index (χ1v) is 19.1. The number of fused-ring (bicyclic) bond motifs is 2. The summed E-state index contributed by atoms with van der Waals surface area (Å²) in [6, 6.07) is 17.3. The molecule has 8 aromatic rings. The van der Waals surface area contributed by atoms with E-state index in [-0.39, 0.29) is 36.8 Å². The number of nitriles is 1. The minimum atomic E-state index is -1.56. The largest absolute Gasteiger partial charge is 0.441 e.